The molecule has 1 amide bonds. The van der Waals surface area contributed by atoms with Gasteiger partial charge in [0.05, 0.1) is 6.54 Å². The molecule has 3 nitrogen and oxygen atoms in total. The van der Waals surface area contributed by atoms with Gasteiger partial charge in [-0.25, -0.2) is 0 Å². The van der Waals surface area contributed by atoms with Crippen molar-refractivity contribution in [1.29, 1.82) is 0 Å². The normalized spacial score (nSPS) is 11.1. The van der Waals surface area contributed by atoms with Crippen molar-refractivity contribution in [2.24, 2.45) is 0 Å². The number of hydrogen-bond donors (Lipinski definition) is 2. The molecule has 14 heavy (non-hydrogen) atoms. The molecule has 0 aromatic rings. The highest BCUT2D eigenvalue weighted by Gasteiger charge is 2.12. The molecule has 82 valence electrons. The van der Waals surface area contributed by atoms with Crippen molar-refractivity contribution < 1.29 is 4.79 Å². The molecule has 0 rings (SSSR count). The van der Waals surface area contributed by atoms with Gasteiger partial charge in [0.15, 0.2) is 0 Å². The summed E-state index contributed by atoms with van der Waals surface area (Å²) < 4.78 is 0. The Kier molecular flexibility index (Phi) is 5.46. The fraction of sp³-hybridized carbons (Fsp3) is 0.727. The Balaban J connectivity index is 3.50. The lowest BCUT2D eigenvalue weighted by molar-refractivity contribution is -0.121. The molecule has 2 N–H and O–H groups in total. The largest absolute Gasteiger partial charge is 0.350 e. The number of hydrogen-bond acceptors (Lipinski definition) is 2. The lowest BCUT2D eigenvalue weighted by atomic mass is 10.1. The van der Waals surface area contributed by atoms with Crippen LogP contribution in [0.2, 0.25) is 0 Å². The van der Waals surface area contributed by atoms with Crippen LogP contribution in [0, 0.1) is 0 Å². The van der Waals surface area contributed by atoms with Gasteiger partial charge in [0, 0.05) is 5.54 Å². The second-order valence-electron chi connectivity index (χ2n) is 4.68. The lowest BCUT2D eigenvalue weighted by Crippen LogP contribution is -2.44. The maximum absolute atomic E-state index is 11.3. The van der Waals surface area contributed by atoms with Crippen molar-refractivity contribution in [2.75, 3.05) is 13.1 Å². The molecule has 0 saturated heterocycles. The van der Waals surface area contributed by atoms with Crippen LogP contribution in [-0.4, -0.2) is 24.5 Å². The Morgan fingerprint density at radius 2 is 1.93 bits per heavy atom. The predicted octanol–water partition coefficient (Wildman–Crippen LogP) is 1.46. The topological polar surface area (TPSA) is 41.1 Å². The maximum Gasteiger partial charge on any atom is 0.234 e. The van der Waals surface area contributed by atoms with Gasteiger partial charge in [-0.2, -0.15) is 0 Å². The van der Waals surface area contributed by atoms with Crippen molar-refractivity contribution in [3.63, 3.8) is 0 Å². The zero-order valence-corrected chi connectivity index (χ0v) is 9.74. The minimum Gasteiger partial charge on any atom is -0.350 e. The van der Waals surface area contributed by atoms with Crippen LogP contribution in [0.3, 0.4) is 0 Å². The summed E-state index contributed by atoms with van der Waals surface area (Å²) in [5, 5.41) is 5.95. The summed E-state index contributed by atoms with van der Waals surface area (Å²) in [5.41, 5.74) is 0.987. The Bertz CT molecular complexity index is 204. The second-order valence-corrected chi connectivity index (χ2v) is 4.68. The zero-order valence-electron chi connectivity index (χ0n) is 9.74. The van der Waals surface area contributed by atoms with Gasteiger partial charge in [0.25, 0.3) is 0 Å². The lowest BCUT2D eigenvalue weighted by Gasteiger charge is -2.20. The monoisotopic (exact) mass is 198 g/mol. The quantitative estimate of drug-likeness (QED) is 0.518. The van der Waals surface area contributed by atoms with Crippen molar-refractivity contribution >= 4 is 5.91 Å². The van der Waals surface area contributed by atoms with Crippen LogP contribution in [0.4, 0.5) is 0 Å². The van der Waals surface area contributed by atoms with Gasteiger partial charge in [-0.05, 0) is 40.7 Å². The first-order valence-corrected chi connectivity index (χ1v) is 4.97. The molecule has 0 aromatic heterocycles. The molecular weight excluding hydrogens is 176 g/mol. The summed E-state index contributed by atoms with van der Waals surface area (Å²) in [6, 6.07) is 0. The second kappa shape index (κ2) is 5.81. The molecule has 0 fully saturated rings. The average Bonchev–Trinajstić information content (AvgIpc) is 1.94. The van der Waals surface area contributed by atoms with Gasteiger partial charge in [-0.15, -0.1) is 6.58 Å². The molecular formula is C11H22N2O. The molecule has 0 atom stereocenters. The van der Waals surface area contributed by atoms with Crippen LogP contribution in [0.15, 0.2) is 12.2 Å². The van der Waals surface area contributed by atoms with Crippen molar-refractivity contribution in [3.8, 4) is 0 Å². The Morgan fingerprint density at radius 1 is 1.36 bits per heavy atom. The number of amides is 1. The first-order chi connectivity index (χ1) is 6.31. The Hall–Kier alpha value is -0.830. The highest BCUT2D eigenvalue weighted by atomic mass is 16.2. The molecule has 0 unspecified atom stereocenters. The first kappa shape index (κ1) is 13.2. The number of nitrogens with one attached hydrogen (secondary N) is 2. The third kappa shape index (κ3) is 9.26. The van der Waals surface area contributed by atoms with Gasteiger partial charge in [0.2, 0.25) is 5.91 Å². The summed E-state index contributed by atoms with van der Waals surface area (Å²) in [5.74, 6) is 0.0409. The van der Waals surface area contributed by atoms with E-state index in [0.717, 1.165) is 18.5 Å². The van der Waals surface area contributed by atoms with Crippen LogP contribution in [0.1, 0.15) is 34.1 Å². The summed E-state index contributed by atoms with van der Waals surface area (Å²) in [7, 11) is 0. The van der Waals surface area contributed by atoms with E-state index in [1.54, 1.807) is 0 Å². The minimum absolute atomic E-state index is 0.0409. The average molecular weight is 198 g/mol. The van der Waals surface area contributed by atoms with E-state index in [2.05, 4.69) is 17.2 Å². The standard InChI is InChI=1S/C11H22N2O/c1-9(2)6-7-12-8-10(14)13-11(3,4)5/h12H,1,6-8H2,2-5H3,(H,13,14). The van der Waals surface area contributed by atoms with Gasteiger partial charge in [0.1, 0.15) is 0 Å². The van der Waals surface area contributed by atoms with Crippen LogP contribution in [0.5, 0.6) is 0 Å². The van der Waals surface area contributed by atoms with E-state index in [9.17, 15) is 4.79 Å². The van der Waals surface area contributed by atoms with Crippen molar-refractivity contribution in [1.82, 2.24) is 10.6 Å². The van der Waals surface area contributed by atoms with Crippen molar-refractivity contribution in [3.05, 3.63) is 12.2 Å². The van der Waals surface area contributed by atoms with E-state index in [-0.39, 0.29) is 11.4 Å². The molecule has 0 aliphatic heterocycles. The molecule has 3 heteroatoms. The number of carbonyl (C=O) groups is 1. The molecule has 0 saturated carbocycles. The van der Waals surface area contributed by atoms with E-state index >= 15 is 0 Å². The number of rotatable bonds is 5. The van der Waals surface area contributed by atoms with Crippen LogP contribution in [0.25, 0.3) is 0 Å². The predicted molar refractivity (Wildman–Crippen MR) is 60.2 cm³/mol. The van der Waals surface area contributed by atoms with E-state index in [4.69, 9.17) is 0 Å². The summed E-state index contributed by atoms with van der Waals surface area (Å²) in [6.45, 7) is 12.9. The summed E-state index contributed by atoms with van der Waals surface area (Å²) in [4.78, 5) is 11.3. The Labute approximate surface area is 87.0 Å². The van der Waals surface area contributed by atoms with Gasteiger partial charge >= 0.3 is 0 Å². The Morgan fingerprint density at radius 3 is 2.36 bits per heavy atom. The first-order valence-electron chi connectivity index (χ1n) is 4.97. The fourth-order valence-electron chi connectivity index (χ4n) is 0.966. The van der Waals surface area contributed by atoms with Gasteiger partial charge < -0.3 is 10.6 Å². The molecule has 0 aliphatic rings. The third-order valence-electron chi connectivity index (χ3n) is 1.53. The smallest absolute Gasteiger partial charge is 0.234 e. The molecule has 0 radical (unpaired) electrons. The molecule has 0 spiro atoms. The van der Waals surface area contributed by atoms with Crippen LogP contribution >= 0.6 is 0 Å². The maximum atomic E-state index is 11.3. The molecule has 0 bridgehead atoms. The minimum atomic E-state index is -0.146. The van der Waals surface area contributed by atoms with Crippen LogP contribution < -0.4 is 10.6 Å². The summed E-state index contributed by atoms with van der Waals surface area (Å²) in [6.07, 6.45) is 0.919. The highest BCUT2D eigenvalue weighted by molar-refractivity contribution is 5.78. The zero-order chi connectivity index (χ0) is 11.2. The van der Waals surface area contributed by atoms with E-state index < -0.39 is 0 Å². The van der Waals surface area contributed by atoms with Gasteiger partial charge in [-0.1, -0.05) is 5.57 Å². The summed E-state index contributed by atoms with van der Waals surface area (Å²) >= 11 is 0. The highest BCUT2D eigenvalue weighted by Crippen LogP contribution is 1.97. The van der Waals surface area contributed by atoms with Gasteiger partial charge in [-0.3, -0.25) is 4.79 Å². The third-order valence-corrected chi connectivity index (χ3v) is 1.53. The van der Waals surface area contributed by atoms with Crippen molar-refractivity contribution in [2.45, 2.75) is 39.7 Å². The SMILES string of the molecule is C=C(C)CCNCC(=O)NC(C)(C)C. The van der Waals surface area contributed by atoms with Crippen LogP contribution in [-0.2, 0) is 4.79 Å². The van der Waals surface area contributed by atoms with E-state index in [1.165, 1.54) is 0 Å². The molecule has 0 aliphatic carbocycles. The fourth-order valence-corrected chi connectivity index (χ4v) is 0.966. The van der Waals surface area contributed by atoms with E-state index in [0.29, 0.717) is 6.54 Å². The molecule has 0 heterocycles. The van der Waals surface area contributed by atoms with E-state index in [1.807, 2.05) is 27.7 Å². The number of carbonyl (C=O) groups excluding carboxylic acids is 1. The molecule has 0 aromatic carbocycles.